The first-order chi connectivity index (χ1) is 23.6. The van der Waals surface area contributed by atoms with Crippen LogP contribution in [0.2, 0.25) is 0 Å². The molecular formula is C39H57FN4O6. The largest absolute Gasteiger partial charge is 0.496 e. The van der Waals surface area contributed by atoms with E-state index in [1.807, 2.05) is 51.0 Å². The molecule has 2 bridgehead atoms. The van der Waals surface area contributed by atoms with Crippen molar-refractivity contribution < 1.29 is 33.8 Å². The highest BCUT2D eigenvalue weighted by Gasteiger charge is 2.57. The third-order valence-corrected chi connectivity index (χ3v) is 11.9. The van der Waals surface area contributed by atoms with Gasteiger partial charge in [-0.15, -0.1) is 0 Å². The number of hydrogen-bond acceptors (Lipinski definition) is 8. The molecule has 276 valence electrons. The van der Waals surface area contributed by atoms with Crippen LogP contribution in [0.3, 0.4) is 0 Å². The van der Waals surface area contributed by atoms with Crippen LogP contribution >= 0.6 is 0 Å². The third kappa shape index (κ3) is 7.44. The van der Waals surface area contributed by atoms with Gasteiger partial charge in [0.05, 0.1) is 31.9 Å². The van der Waals surface area contributed by atoms with Crippen LogP contribution in [0.5, 0.6) is 5.75 Å². The summed E-state index contributed by atoms with van der Waals surface area (Å²) in [6.07, 6.45) is 0.395. The first-order valence-electron chi connectivity index (χ1n) is 18.0. The molecule has 0 radical (unpaired) electrons. The number of amides is 2. The molecular weight excluding hydrogens is 639 g/mol. The van der Waals surface area contributed by atoms with Crippen LogP contribution in [0.25, 0.3) is 11.1 Å². The quantitative estimate of drug-likeness (QED) is 0.242. The maximum atomic E-state index is 15.1. The number of aliphatic hydroxyl groups is 2. The lowest BCUT2D eigenvalue weighted by molar-refractivity contribution is -0.183. The Morgan fingerprint density at radius 1 is 1.16 bits per heavy atom. The van der Waals surface area contributed by atoms with Gasteiger partial charge in [0, 0.05) is 35.7 Å². The topological polar surface area (TPSA) is 124 Å². The molecule has 4 fully saturated rings. The normalized spacial score (nSPS) is 28.6. The Morgan fingerprint density at radius 3 is 2.46 bits per heavy atom. The summed E-state index contributed by atoms with van der Waals surface area (Å²) in [5, 5.41) is 29.0. The third-order valence-electron chi connectivity index (χ3n) is 11.9. The number of hydroxylamine groups is 2. The molecule has 3 saturated carbocycles. The summed E-state index contributed by atoms with van der Waals surface area (Å²) in [6.45, 7) is 12.9. The minimum atomic E-state index is -0.922. The number of carbonyl (C=O) groups is 2. The van der Waals surface area contributed by atoms with Gasteiger partial charge in [-0.2, -0.15) is 5.06 Å². The summed E-state index contributed by atoms with van der Waals surface area (Å²) in [5.41, 5.74) is 2.11. The molecule has 2 aromatic rings. The summed E-state index contributed by atoms with van der Waals surface area (Å²) >= 11 is 0. The number of likely N-dealkylation sites (N-methyl/N-ethyl adjacent to an activating group) is 1. The van der Waals surface area contributed by atoms with E-state index in [4.69, 9.17) is 9.57 Å². The second-order valence-electron chi connectivity index (χ2n) is 16.0. The molecule has 11 heteroatoms. The molecule has 2 aromatic carbocycles. The van der Waals surface area contributed by atoms with Gasteiger partial charge >= 0.3 is 0 Å². The zero-order valence-corrected chi connectivity index (χ0v) is 31.1. The summed E-state index contributed by atoms with van der Waals surface area (Å²) in [6, 6.07) is 8.94. The van der Waals surface area contributed by atoms with E-state index in [0.717, 1.165) is 6.42 Å². The predicted octanol–water partition coefficient (Wildman–Crippen LogP) is 4.48. The lowest BCUT2D eigenvalue weighted by Crippen LogP contribution is -2.62. The summed E-state index contributed by atoms with van der Waals surface area (Å²) in [7, 11) is 5.39. The van der Waals surface area contributed by atoms with Gasteiger partial charge in [0.2, 0.25) is 5.91 Å². The van der Waals surface area contributed by atoms with Crippen LogP contribution in [0.1, 0.15) is 70.3 Å². The molecule has 6 rings (SSSR count). The van der Waals surface area contributed by atoms with Crippen molar-refractivity contribution in [2.45, 2.75) is 91.3 Å². The Labute approximate surface area is 296 Å². The lowest BCUT2D eigenvalue weighted by Gasteiger charge is -2.62. The Balaban J connectivity index is 1.41. The number of nitrogens with one attached hydrogen (secondary N) is 2. The van der Waals surface area contributed by atoms with Crippen molar-refractivity contribution >= 4 is 11.8 Å². The van der Waals surface area contributed by atoms with Crippen molar-refractivity contribution in [3.8, 4) is 16.9 Å². The molecule has 10 nitrogen and oxygen atoms in total. The molecule has 1 heterocycles. The first kappa shape index (κ1) is 38.1. The van der Waals surface area contributed by atoms with Gasteiger partial charge < -0.3 is 30.5 Å². The summed E-state index contributed by atoms with van der Waals surface area (Å²) in [4.78, 5) is 35.7. The molecule has 3 aliphatic carbocycles. The van der Waals surface area contributed by atoms with Crippen LogP contribution in [-0.4, -0.2) is 96.7 Å². The minimum absolute atomic E-state index is 0.0189. The van der Waals surface area contributed by atoms with Crippen LogP contribution in [0.4, 0.5) is 4.39 Å². The molecule has 1 aliphatic heterocycles. The number of methoxy groups -OCH3 is 1. The Hall–Kier alpha value is -3.09. The van der Waals surface area contributed by atoms with E-state index < -0.39 is 35.9 Å². The van der Waals surface area contributed by atoms with E-state index in [0.29, 0.717) is 46.7 Å². The number of carbonyl (C=O) groups excluding carboxylic acids is 2. The zero-order chi connectivity index (χ0) is 36.7. The molecule has 4 N–H and O–H groups in total. The number of aliphatic hydroxyl groups excluding tert-OH is 2. The molecule has 0 aromatic heterocycles. The predicted molar refractivity (Wildman–Crippen MR) is 191 cm³/mol. The van der Waals surface area contributed by atoms with Gasteiger partial charge in [0.15, 0.2) is 0 Å². The van der Waals surface area contributed by atoms with Crippen molar-refractivity contribution in [1.82, 2.24) is 20.6 Å². The highest BCUT2D eigenvalue weighted by atomic mass is 19.1. The van der Waals surface area contributed by atoms with E-state index in [1.165, 1.54) is 25.7 Å². The Kier molecular flexibility index (Phi) is 11.6. The Morgan fingerprint density at radius 2 is 1.88 bits per heavy atom. The van der Waals surface area contributed by atoms with Crippen molar-refractivity contribution in [3.63, 3.8) is 0 Å². The second-order valence-corrected chi connectivity index (χ2v) is 16.0. The van der Waals surface area contributed by atoms with Gasteiger partial charge in [-0.3, -0.25) is 14.4 Å². The van der Waals surface area contributed by atoms with Crippen molar-refractivity contribution in [3.05, 3.63) is 53.3 Å². The number of para-hydroxylation sites is 1. The monoisotopic (exact) mass is 696 g/mol. The van der Waals surface area contributed by atoms with Gasteiger partial charge in [0.25, 0.3) is 5.91 Å². The maximum Gasteiger partial charge on any atom is 0.254 e. The molecule has 4 aliphatic rings. The smallest absolute Gasteiger partial charge is 0.254 e. The minimum Gasteiger partial charge on any atom is -0.496 e. The number of hydrogen-bond donors (Lipinski definition) is 4. The summed E-state index contributed by atoms with van der Waals surface area (Å²) in [5.74, 6) is 0.0166. The van der Waals surface area contributed by atoms with Gasteiger partial charge in [-0.05, 0) is 80.6 Å². The van der Waals surface area contributed by atoms with Crippen LogP contribution in [-0.2, 0) is 16.2 Å². The number of fused-ring (bicyclic) bond motifs is 2. The van der Waals surface area contributed by atoms with Crippen LogP contribution in [0.15, 0.2) is 36.4 Å². The Bertz CT molecular complexity index is 1530. The summed E-state index contributed by atoms with van der Waals surface area (Å²) < 4.78 is 21.0. The first-order valence-corrected chi connectivity index (χ1v) is 18.0. The number of nitrogens with zero attached hydrogens (tertiary/aromatic N) is 2. The van der Waals surface area contributed by atoms with Gasteiger partial charge in [-0.25, -0.2) is 4.39 Å². The highest BCUT2D eigenvalue weighted by molar-refractivity contribution is 5.96. The lowest BCUT2D eigenvalue weighted by atomic mass is 9.45. The SMILES string of the molecule is COc1c(CN2O[C@@H](CO)[C@@H]([C@H](C)O)[C@H]2C(=O)N[C@H]2C[C@H]3C[C@@H]([C@@H]2C)C3(C)C)cccc1-c1ccc(F)c(C(=O)N[C@@H](CN(C)C)C(C)C)c1. The fourth-order valence-electron chi connectivity index (χ4n) is 8.76. The van der Waals surface area contributed by atoms with E-state index >= 15 is 4.39 Å². The second kappa shape index (κ2) is 15.3. The number of ether oxygens (including phenoxy) is 1. The standard InChI is InChI=1S/C39H57FN4O6/c1-21(2)32(19-43(7)8)42-37(47)28-15-24(13-14-30(28)40)27-12-10-11-25(36(27)49-9)18-44-35(34(23(4)46)33(20-45)50-44)38(48)41-31-17-26-16-29(22(31)3)39(26,5)6/h10-15,21-23,26,29,31-35,45-46H,16-20H2,1-9H3,(H,41,48)(H,42,47)/t22-,23-,26+,29-,31-,32-,33-,34+,35-/m0/s1. The number of halogens is 1. The average molecular weight is 697 g/mol. The fourth-order valence-corrected chi connectivity index (χ4v) is 8.76. The molecule has 9 atom stereocenters. The number of rotatable bonds is 13. The van der Waals surface area contributed by atoms with Crippen molar-refractivity contribution in [1.29, 1.82) is 0 Å². The molecule has 50 heavy (non-hydrogen) atoms. The van der Waals surface area contributed by atoms with E-state index in [-0.39, 0.29) is 48.0 Å². The van der Waals surface area contributed by atoms with Gasteiger partial charge in [0.1, 0.15) is 23.7 Å². The van der Waals surface area contributed by atoms with E-state index in [1.54, 1.807) is 18.1 Å². The van der Waals surface area contributed by atoms with Crippen LogP contribution < -0.4 is 15.4 Å². The van der Waals surface area contributed by atoms with Crippen molar-refractivity contribution in [2.75, 3.05) is 34.4 Å². The maximum absolute atomic E-state index is 15.1. The highest BCUT2D eigenvalue weighted by Crippen LogP contribution is 2.61. The van der Waals surface area contributed by atoms with E-state index in [9.17, 15) is 19.8 Å². The zero-order valence-electron chi connectivity index (χ0n) is 31.1. The fraction of sp³-hybridized carbons (Fsp3) is 0.641. The molecule has 0 unspecified atom stereocenters. The molecule has 2 amide bonds. The van der Waals surface area contributed by atoms with Crippen molar-refractivity contribution in [2.24, 2.45) is 35.0 Å². The average Bonchev–Trinajstić information content (AvgIpc) is 3.43. The molecule has 0 spiro atoms. The molecule has 1 saturated heterocycles. The van der Waals surface area contributed by atoms with E-state index in [2.05, 4.69) is 31.4 Å². The van der Waals surface area contributed by atoms with Crippen LogP contribution in [0, 0.1) is 40.8 Å². The number of benzene rings is 2. The van der Waals surface area contributed by atoms with Gasteiger partial charge in [-0.1, -0.05) is 58.9 Å².